The Bertz CT molecular complexity index is 793. The predicted octanol–water partition coefficient (Wildman–Crippen LogP) is 3.95. The number of carbonyl (C=O) groups excluding carboxylic acids is 1. The van der Waals surface area contributed by atoms with Crippen LogP contribution in [0.25, 0.3) is 0 Å². The van der Waals surface area contributed by atoms with E-state index in [2.05, 4.69) is 15.7 Å². The number of benzene rings is 1. The molecule has 0 spiro atoms. The van der Waals surface area contributed by atoms with E-state index in [1.165, 1.54) is 12.1 Å². The Labute approximate surface area is 162 Å². The lowest BCUT2D eigenvalue weighted by atomic mass is 9.95. The van der Waals surface area contributed by atoms with E-state index in [0.29, 0.717) is 11.3 Å². The Morgan fingerprint density at radius 3 is 2.54 bits per heavy atom. The monoisotopic (exact) mass is 394 g/mol. The molecule has 1 fully saturated rings. The third-order valence-corrected chi connectivity index (χ3v) is 5.04. The van der Waals surface area contributed by atoms with E-state index in [0.717, 1.165) is 38.1 Å². The highest BCUT2D eigenvalue weighted by molar-refractivity contribution is 5.92. The second-order valence-corrected chi connectivity index (χ2v) is 7.50. The molecule has 1 amide bonds. The number of amides is 1. The normalized spacial score (nSPS) is 18.9. The number of alkyl halides is 3. The van der Waals surface area contributed by atoms with Crippen molar-refractivity contribution >= 4 is 5.91 Å². The van der Waals surface area contributed by atoms with Crippen LogP contribution < -0.4 is 10.6 Å². The van der Waals surface area contributed by atoms with Crippen molar-refractivity contribution in [3.05, 3.63) is 53.3 Å². The van der Waals surface area contributed by atoms with Gasteiger partial charge in [0.05, 0.1) is 17.6 Å². The molecule has 0 bridgehead atoms. The van der Waals surface area contributed by atoms with E-state index in [9.17, 15) is 18.0 Å². The first-order chi connectivity index (χ1) is 13.3. The van der Waals surface area contributed by atoms with Gasteiger partial charge in [0.25, 0.3) is 5.91 Å². The van der Waals surface area contributed by atoms with Crippen molar-refractivity contribution in [1.82, 2.24) is 20.4 Å². The minimum Gasteiger partial charge on any atom is -0.344 e. The largest absolute Gasteiger partial charge is 0.416 e. The Balaban J connectivity index is 1.72. The van der Waals surface area contributed by atoms with E-state index in [1.54, 1.807) is 12.3 Å². The number of nitrogens with zero attached hydrogens (tertiary/aromatic N) is 2. The molecule has 1 aromatic heterocycles. The number of hydrogen-bond acceptors (Lipinski definition) is 3. The van der Waals surface area contributed by atoms with Gasteiger partial charge in [0.15, 0.2) is 0 Å². The molecule has 3 rings (SSSR count). The van der Waals surface area contributed by atoms with Crippen LogP contribution in [0.2, 0.25) is 0 Å². The SMILES string of the molecule is CC(C)C(NC(=O)c1ccn(C2CCCNC2)n1)c1ccc(C(F)(F)F)cc1. The maximum atomic E-state index is 12.8. The summed E-state index contributed by atoms with van der Waals surface area (Å²) >= 11 is 0. The molecule has 2 heterocycles. The first-order valence-electron chi connectivity index (χ1n) is 9.49. The number of aromatic nitrogens is 2. The van der Waals surface area contributed by atoms with Crippen LogP contribution in [0.1, 0.15) is 60.4 Å². The van der Waals surface area contributed by atoms with Crippen molar-refractivity contribution in [3.63, 3.8) is 0 Å². The van der Waals surface area contributed by atoms with Crippen LogP contribution in [0, 0.1) is 5.92 Å². The molecule has 5 nitrogen and oxygen atoms in total. The zero-order valence-corrected chi connectivity index (χ0v) is 16.0. The average Bonchev–Trinajstić information content (AvgIpc) is 3.16. The molecule has 2 unspecified atom stereocenters. The van der Waals surface area contributed by atoms with Gasteiger partial charge in [0.2, 0.25) is 0 Å². The summed E-state index contributed by atoms with van der Waals surface area (Å²) in [5.74, 6) is -0.327. The lowest BCUT2D eigenvalue weighted by Crippen LogP contribution is -2.33. The molecule has 1 aliphatic rings. The third kappa shape index (κ3) is 4.73. The molecule has 2 atom stereocenters. The summed E-state index contributed by atoms with van der Waals surface area (Å²) in [5.41, 5.74) is 0.236. The Kier molecular flexibility index (Phi) is 6.07. The van der Waals surface area contributed by atoms with Gasteiger partial charge in [-0.05, 0) is 49.1 Å². The first kappa shape index (κ1) is 20.4. The fourth-order valence-electron chi connectivity index (χ4n) is 3.45. The molecule has 0 saturated carbocycles. The van der Waals surface area contributed by atoms with Crippen LogP contribution >= 0.6 is 0 Å². The number of carbonyl (C=O) groups is 1. The second-order valence-electron chi connectivity index (χ2n) is 7.50. The van der Waals surface area contributed by atoms with Crippen molar-refractivity contribution in [2.24, 2.45) is 5.92 Å². The van der Waals surface area contributed by atoms with Gasteiger partial charge in [-0.15, -0.1) is 0 Å². The maximum Gasteiger partial charge on any atom is 0.416 e. The summed E-state index contributed by atoms with van der Waals surface area (Å²) in [7, 11) is 0. The zero-order chi connectivity index (χ0) is 20.3. The van der Waals surface area contributed by atoms with E-state index < -0.39 is 17.8 Å². The maximum absolute atomic E-state index is 12.8. The quantitative estimate of drug-likeness (QED) is 0.807. The van der Waals surface area contributed by atoms with Crippen LogP contribution in [-0.4, -0.2) is 28.8 Å². The molecule has 0 aliphatic carbocycles. The standard InChI is InChI=1S/C20H25F3N4O/c1-13(2)18(14-5-7-15(8-6-14)20(21,22)23)25-19(28)17-9-11-27(26-17)16-4-3-10-24-12-16/h5-9,11,13,16,18,24H,3-4,10,12H2,1-2H3,(H,25,28). The third-order valence-electron chi connectivity index (χ3n) is 5.04. The molecule has 1 aliphatic heterocycles. The Morgan fingerprint density at radius 2 is 1.96 bits per heavy atom. The van der Waals surface area contributed by atoms with Crippen LogP contribution in [-0.2, 0) is 6.18 Å². The fourth-order valence-corrected chi connectivity index (χ4v) is 3.45. The van der Waals surface area contributed by atoms with E-state index in [-0.39, 0.29) is 17.9 Å². The minimum absolute atomic E-state index is 0.00492. The topological polar surface area (TPSA) is 59.0 Å². The van der Waals surface area contributed by atoms with Crippen molar-refractivity contribution in [2.75, 3.05) is 13.1 Å². The Hall–Kier alpha value is -2.35. The van der Waals surface area contributed by atoms with Gasteiger partial charge in [-0.25, -0.2) is 0 Å². The molecule has 1 saturated heterocycles. The molecule has 2 aromatic rings. The van der Waals surface area contributed by atoms with E-state index in [4.69, 9.17) is 0 Å². The number of halogens is 3. The summed E-state index contributed by atoms with van der Waals surface area (Å²) in [5, 5.41) is 10.6. The van der Waals surface area contributed by atoms with Gasteiger partial charge in [-0.3, -0.25) is 9.48 Å². The smallest absolute Gasteiger partial charge is 0.344 e. The summed E-state index contributed by atoms with van der Waals surface area (Å²) in [6, 6.07) is 6.42. The van der Waals surface area contributed by atoms with Crippen molar-refractivity contribution in [1.29, 1.82) is 0 Å². The van der Waals surface area contributed by atoms with Crippen LogP contribution in [0.15, 0.2) is 36.5 Å². The van der Waals surface area contributed by atoms with E-state index >= 15 is 0 Å². The lowest BCUT2D eigenvalue weighted by molar-refractivity contribution is -0.137. The number of nitrogens with one attached hydrogen (secondary N) is 2. The van der Waals surface area contributed by atoms with Gasteiger partial charge < -0.3 is 10.6 Å². The zero-order valence-electron chi connectivity index (χ0n) is 16.0. The predicted molar refractivity (Wildman–Crippen MR) is 99.9 cm³/mol. The molecule has 152 valence electrons. The summed E-state index contributed by atoms with van der Waals surface area (Å²) in [4.78, 5) is 12.7. The number of piperidine rings is 1. The molecule has 1 aromatic carbocycles. The highest BCUT2D eigenvalue weighted by Gasteiger charge is 2.30. The first-order valence-corrected chi connectivity index (χ1v) is 9.49. The highest BCUT2D eigenvalue weighted by Crippen LogP contribution is 2.31. The summed E-state index contributed by atoms with van der Waals surface area (Å²) in [6.07, 6.45) is -0.504. The lowest BCUT2D eigenvalue weighted by Gasteiger charge is -2.24. The summed E-state index contributed by atoms with van der Waals surface area (Å²) < 4.78 is 40.2. The average molecular weight is 394 g/mol. The van der Waals surface area contributed by atoms with Crippen LogP contribution in [0.5, 0.6) is 0 Å². The van der Waals surface area contributed by atoms with Crippen molar-refractivity contribution in [2.45, 2.75) is 44.9 Å². The van der Waals surface area contributed by atoms with Crippen molar-refractivity contribution in [3.8, 4) is 0 Å². The highest BCUT2D eigenvalue weighted by atomic mass is 19.4. The molecule has 8 heteroatoms. The molecular formula is C20H25F3N4O. The Morgan fingerprint density at radius 1 is 1.25 bits per heavy atom. The van der Waals surface area contributed by atoms with Crippen LogP contribution in [0.4, 0.5) is 13.2 Å². The van der Waals surface area contributed by atoms with Gasteiger partial charge in [0, 0.05) is 12.7 Å². The van der Waals surface area contributed by atoms with Gasteiger partial charge in [-0.1, -0.05) is 26.0 Å². The van der Waals surface area contributed by atoms with Gasteiger partial charge in [-0.2, -0.15) is 18.3 Å². The van der Waals surface area contributed by atoms with Crippen molar-refractivity contribution < 1.29 is 18.0 Å². The molecular weight excluding hydrogens is 369 g/mol. The fraction of sp³-hybridized carbons (Fsp3) is 0.500. The molecule has 2 N–H and O–H groups in total. The van der Waals surface area contributed by atoms with Gasteiger partial charge >= 0.3 is 6.18 Å². The van der Waals surface area contributed by atoms with Crippen LogP contribution in [0.3, 0.4) is 0 Å². The number of rotatable bonds is 5. The van der Waals surface area contributed by atoms with Gasteiger partial charge in [0.1, 0.15) is 5.69 Å². The summed E-state index contributed by atoms with van der Waals surface area (Å²) in [6.45, 7) is 5.64. The van der Waals surface area contributed by atoms with E-state index in [1.807, 2.05) is 18.5 Å². The second kappa shape index (κ2) is 8.34. The number of hydrogen-bond donors (Lipinski definition) is 2. The minimum atomic E-state index is -4.38. The molecule has 28 heavy (non-hydrogen) atoms. The molecule has 0 radical (unpaired) electrons.